The Kier molecular flexibility index (Phi) is 5.36. The first-order valence-corrected chi connectivity index (χ1v) is 9.09. The summed E-state index contributed by atoms with van der Waals surface area (Å²) in [6.45, 7) is 4.81. The third-order valence-electron chi connectivity index (χ3n) is 4.65. The fourth-order valence-electron chi connectivity index (χ4n) is 2.92. The molecule has 3 rings (SSSR count). The molecule has 1 unspecified atom stereocenters. The smallest absolute Gasteiger partial charge is 0.328 e. The number of carbonyl (C=O) groups is 2. The van der Waals surface area contributed by atoms with Crippen molar-refractivity contribution in [2.75, 3.05) is 0 Å². The molecule has 28 heavy (non-hydrogen) atoms. The molecule has 5 heteroatoms. The van der Waals surface area contributed by atoms with Gasteiger partial charge < -0.3 is 15.2 Å². The zero-order chi connectivity index (χ0) is 20.3. The number of ether oxygens (including phenoxy) is 1. The van der Waals surface area contributed by atoms with Gasteiger partial charge in [0.25, 0.3) is 5.91 Å². The van der Waals surface area contributed by atoms with Gasteiger partial charge in [-0.05, 0) is 37.8 Å². The Morgan fingerprint density at radius 3 is 2.29 bits per heavy atom. The van der Waals surface area contributed by atoms with Gasteiger partial charge in [-0.25, -0.2) is 4.79 Å². The molecule has 0 bridgehead atoms. The Bertz CT molecular complexity index is 1010. The normalized spacial score (nSPS) is 12.4. The number of nitrogens with one attached hydrogen (secondary N) is 1. The Hall–Kier alpha value is -3.34. The van der Waals surface area contributed by atoms with E-state index in [1.165, 1.54) is 13.8 Å². The number of aliphatic carboxylic acids is 1. The van der Waals surface area contributed by atoms with Crippen LogP contribution in [0, 0.1) is 0 Å². The number of fused-ring (bicyclic) bond motifs is 1. The molecule has 2 N–H and O–H groups in total. The highest BCUT2D eigenvalue weighted by Gasteiger charge is 2.31. The second kappa shape index (κ2) is 7.72. The van der Waals surface area contributed by atoms with E-state index in [4.69, 9.17) is 4.74 Å². The summed E-state index contributed by atoms with van der Waals surface area (Å²) in [5.74, 6) is -1.16. The number of hydrogen-bond acceptors (Lipinski definition) is 3. The minimum absolute atomic E-state index is 0.286. The molecule has 0 aliphatic heterocycles. The van der Waals surface area contributed by atoms with E-state index in [1.807, 2.05) is 67.6 Å². The zero-order valence-corrected chi connectivity index (χ0v) is 16.1. The average molecular weight is 377 g/mol. The monoisotopic (exact) mass is 377 g/mol. The zero-order valence-electron chi connectivity index (χ0n) is 16.1. The first-order chi connectivity index (χ1) is 13.3. The van der Waals surface area contributed by atoms with Gasteiger partial charge in [-0.1, -0.05) is 60.7 Å². The predicted octanol–water partition coefficient (Wildman–Crippen LogP) is 4.57. The second-order valence-corrected chi connectivity index (χ2v) is 7.22. The molecule has 0 spiro atoms. The SMILES string of the molecule is CC(Oc1c(C(=O)NC(C)(C)C(=O)O)ccc2ccccc12)c1ccccc1. The van der Waals surface area contributed by atoms with Crippen LogP contribution in [0.4, 0.5) is 0 Å². The van der Waals surface area contributed by atoms with E-state index in [-0.39, 0.29) is 6.10 Å². The second-order valence-electron chi connectivity index (χ2n) is 7.22. The summed E-state index contributed by atoms with van der Waals surface area (Å²) >= 11 is 0. The molecule has 3 aromatic carbocycles. The highest BCUT2D eigenvalue weighted by molar-refractivity contribution is 6.05. The number of rotatable bonds is 6. The molecular formula is C23H23NO4. The first kappa shape index (κ1) is 19.4. The van der Waals surface area contributed by atoms with E-state index in [2.05, 4.69) is 5.32 Å². The molecule has 0 aromatic heterocycles. The van der Waals surface area contributed by atoms with Gasteiger partial charge in [-0.2, -0.15) is 0 Å². The van der Waals surface area contributed by atoms with Crippen molar-refractivity contribution in [2.24, 2.45) is 0 Å². The van der Waals surface area contributed by atoms with E-state index in [9.17, 15) is 14.7 Å². The predicted molar refractivity (Wildman–Crippen MR) is 109 cm³/mol. The maximum absolute atomic E-state index is 12.9. The molecule has 0 saturated heterocycles. The van der Waals surface area contributed by atoms with Crippen molar-refractivity contribution in [3.63, 3.8) is 0 Å². The largest absolute Gasteiger partial charge is 0.485 e. The Morgan fingerprint density at radius 2 is 1.61 bits per heavy atom. The van der Waals surface area contributed by atoms with E-state index in [0.717, 1.165) is 16.3 Å². The van der Waals surface area contributed by atoms with Gasteiger partial charge in [0.15, 0.2) is 0 Å². The van der Waals surface area contributed by atoms with E-state index in [1.54, 1.807) is 6.07 Å². The van der Waals surface area contributed by atoms with Crippen molar-refractivity contribution in [3.8, 4) is 5.75 Å². The summed E-state index contributed by atoms with van der Waals surface area (Å²) in [4.78, 5) is 24.3. The van der Waals surface area contributed by atoms with Crippen LogP contribution in [0.25, 0.3) is 10.8 Å². The van der Waals surface area contributed by atoms with Crippen molar-refractivity contribution in [3.05, 3.63) is 77.9 Å². The minimum Gasteiger partial charge on any atom is -0.485 e. The van der Waals surface area contributed by atoms with Gasteiger partial charge in [0, 0.05) is 5.39 Å². The lowest BCUT2D eigenvalue weighted by Gasteiger charge is -2.23. The maximum atomic E-state index is 12.9. The Labute approximate surface area is 164 Å². The van der Waals surface area contributed by atoms with Gasteiger partial charge in [0.05, 0.1) is 5.56 Å². The number of carbonyl (C=O) groups excluding carboxylic acids is 1. The highest BCUT2D eigenvalue weighted by Crippen LogP contribution is 2.33. The van der Waals surface area contributed by atoms with Crippen LogP contribution in [0.5, 0.6) is 5.75 Å². The lowest BCUT2D eigenvalue weighted by molar-refractivity contribution is -0.143. The fraction of sp³-hybridized carbons (Fsp3) is 0.217. The van der Waals surface area contributed by atoms with Gasteiger partial charge >= 0.3 is 5.97 Å². The number of carboxylic acids is 1. The Balaban J connectivity index is 2.04. The third-order valence-corrected chi connectivity index (χ3v) is 4.65. The number of hydrogen-bond donors (Lipinski definition) is 2. The molecule has 0 fully saturated rings. The topological polar surface area (TPSA) is 75.6 Å². The summed E-state index contributed by atoms with van der Waals surface area (Å²) in [7, 11) is 0. The lowest BCUT2D eigenvalue weighted by atomic mass is 10.0. The van der Waals surface area contributed by atoms with Crippen LogP contribution in [-0.2, 0) is 4.79 Å². The standard InChI is InChI=1S/C23H23NO4/c1-15(16-9-5-4-6-10-16)28-20-18-12-8-7-11-17(18)13-14-19(20)21(25)24-23(2,3)22(26)27/h4-15H,1-3H3,(H,24,25)(H,26,27). The molecule has 0 aliphatic carbocycles. The van der Waals surface area contributed by atoms with Crippen molar-refractivity contribution < 1.29 is 19.4 Å². The molecule has 0 saturated carbocycles. The van der Waals surface area contributed by atoms with Gasteiger partial charge in [0.2, 0.25) is 0 Å². The summed E-state index contributed by atoms with van der Waals surface area (Å²) in [6.07, 6.45) is -0.286. The van der Waals surface area contributed by atoms with Gasteiger partial charge in [0.1, 0.15) is 17.4 Å². The van der Waals surface area contributed by atoms with Crippen molar-refractivity contribution >= 4 is 22.6 Å². The summed E-state index contributed by atoms with van der Waals surface area (Å²) in [5.41, 5.74) is -0.117. The van der Waals surface area contributed by atoms with Crippen LogP contribution >= 0.6 is 0 Å². The van der Waals surface area contributed by atoms with Crippen molar-refractivity contribution in [1.29, 1.82) is 0 Å². The molecular weight excluding hydrogens is 354 g/mol. The summed E-state index contributed by atoms with van der Waals surface area (Å²) < 4.78 is 6.23. The van der Waals surface area contributed by atoms with Crippen molar-refractivity contribution in [2.45, 2.75) is 32.4 Å². The quantitative estimate of drug-likeness (QED) is 0.660. The van der Waals surface area contributed by atoms with Crippen LogP contribution in [-0.4, -0.2) is 22.5 Å². The first-order valence-electron chi connectivity index (χ1n) is 9.09. The molecule has 0 aliphatic rings. The van der Waals surface area contributed by atoms with E-state index in [0.29, 0.717) is 11.3 Å². The van der Waals surface area contributed by atoms with Gasteiger partial charge in [-0.15, -0.1) is 0 Å². The number of carboxylic acid groups (broad SMARTS) is 1. The molecule has 5 nitrogen and oxygen atoms in total. The molecule has 1 amide bonds. The van der Waals surface area contributed by atoms with Crippen LogP contribution in [0.15, 0.2) is 66.7 Å². The average Bonchev–Trinajstić information content (AvgIpc) is 2.68. The molecule has 3 aromatic rings. The number of benzene rings is 3. The molecule has 144 valence electrons. The van der Waals surface area contributed by atoms with Crippen LogP contribution in [0.2, 0.25) is 0 Å². The lowest BCUT2D eigenvalue weighted by Crippen LogP contribution is -2.49. The number of amides is 1. The molecule has 0 radical (unpaired) electrons. The van der Waals surface area contributed by atoms with Crippen LogP contribution in [0.3, 0.4) is 0 Å². The van der Waals surface area contributed by atoms with Gasteiger partial charge in [-0.3, -0.25) is 4.79 Å². The Morgan fingerprint density at radius 1 is 0.964 bits per heavy atom. The van der Waals surface area contributed by atoms with Crippen LogP contribution in [0.1, 0.15) is 42.8 Å². The third kappa shape index (κ3) is 3.98. The minimum atomic E-state index is -1.40. The maximum Gasteiger partial charge on any atom is 0.328 e. The molecule has 0 heterocycles. The fourth-order valence-corrected chi connectivity index (χ4v) is 2.92. The van der Waals surface area contributed by atoms with E-state index < -0.39 is 17.4 Å². The molecule has 1 atom stereocenters. The summed E-state index contributed by atoms with van der Waals surface area (Å²) in [6, 6.07) is 20.8. The van der Waals surface area contributed by atoms with Crippen LogP contribution < -0.4 is 10.1 Å². The van der Waals surface area contributed by atoms with Crippen molar-refractivity contribution in [1.82, 2.24) is 5.32 Å². The van der Waals surface area contributed by atoms with E-state index >= 15 is 0 Å². The summed E-state index contributed by atoms with van der Waals surface area (Å²) in [5, 5.41) is 13.6. The highest BCUT2D eigenvalue weighted by atomic mass is 16.5.